The van der Waals surface area contributed by atoms with Gasteiger partial charge in [-0.05, 0) is 62.2 Å². The minimum absolute atomic E-state index is 0.118. The number of piperidine rings is 1. The molecule has 1 amide bonds. The van der Waals surface area contributed by atoms with Crippen LogP contribution in [0, 0.1) is 0 Å². The lowest BCUT2D eigenvalue weighted by molar-refractivity contribution is -0.121. The first-order valence-corrected chi connectivity index (χ1v) is 14.9. The molecular weight excluding hydrogens is 514 g/mol. The van der Waals surface area contributed by atoms with Crippen LogP contribution in [0.2, 0.25) is 5.02 Å². The van der Waals surface area contributed by atoms with Crippen LogP contribution in [0.15, 0.2) is 53.4 Å². The van der Waals surface area contributed by atoms with E-state index in [0.29, 0.717) is 29.5 Å². The van der Waals surface area contributed by atoms with E-state index in [9.17, 15) is 21.6 Å². The van der Waals surface area contributed by atoms with Gasteiger partial charge in [-0.1, -0.05) is 24.1 Å². The summed E-state index contributed by atoms with van der Waals surface area (Å²) in [7, 11) is -7.26. The van der Waals surface area contributed by atoms with E-state index >= 15 is 0 Å². The summed E-state index contributed by atoms with van der Waals surface area (Å²) in [5.74, 6) is -0.0384. The molecule has 0 saturated carbocycles. The Morgan fingerprint density at radius 2 is 1.74 bits per heavy atom. The summed E-state index contributed by atoms with van der Waals surface area (Å²) >= 11 is 5.98. The maximum Gasteiger partial charge on any atom is 0.243 e. The Hall–Kier alpha value is -2.34. The van der Waals surface area contributed by atoms with Crippen molar-refractivity contribution in [1.29, 1.82) is 0 Å². The van der Waals surface area contributed by atoms with Crippen molar-refractivity contribution in [2.75, 3.05) is 36.8 Å². The molecule has 2 aromatic carbocycles. The van der Waals surface area contributed by atoms with Gasteiger partial charge in [-0.15, -0.1) is 0 Å². The van der Waals surface area contributed by atoms with Gasteiger partial charge >= 0.3 is 0 Å². The average Bonchev–Trinajstić information content (AvgIpc) is 2.82. The largest absolute Gasteiger partial charge is 0.492 e. The van der Waals surface area contributed by atoms with Crippen LogP contribution in [0.3, 0.4) is 0 Å². The van der Waals surface area contributed by atoms with E-state index in [0.717, 1.165) is 29.8 Å². The van der Waals surface area contributed by atoms with Crippen LogP contribution in [-0.2, 0) is 24.8 Å². The predicted octanol–water partition coefficient (Wildman–Crippen LogP) is 2.86. The standard InChI is InChI=1S/C23H30ClN3O6S2/c1-18(27(34(2,29)30)20-8-6-7-19(24)17-20)23(28)25-13-16-33-21-9-11-22(12-10-21)35(31,32)26-14-4-3-5-15-26/h6-12,17-18H,3-5,13-16H2,1-2H3,(H,25,28). The second-order valence-corrected chi connectivity index (χ2v) is 12.5. The van der Waals surface area contributed by atoms with Crippen LogP contribution in [-0.4, -0.2) is 65.6 Å². The molecule has 1 fully saturated rings. The van der Waals surface area contributed by atoms with Gasteiger partial charge in [0.2, 0.25) is 26.0 Å². The number of halogens is 1. The summed E-state index contributed by atoms with van der Waals surface area (Å²) in [6.45, 7) is 2.80. The molecule has 1 aliphatic rings. The fraction of sp³-hybridized carbons (Fsp3) is 0.435. The van der Waals surface area contributed by atoms with Gasteiger partial charge in [-0.2, -0.15) is 4.31 Å². The lowest BCUT2D eigenvalue weighted by Gasteiger charge is -2.28. The van der Waals surface area contributed by atoms with Crippen molar-refractivity contribution in [3.63, 3.8) is 0 Å². The second kappa shape index (κ2) is 11.6. The Balaban J connectivity index is 1.54. The van der Waals surface area contributed by atoms with Crippen LogP contribution in [0.25, 0.3) is 0 Å². The van der Waals surface area contributed by atoms with Crippen LogP contribution in [0.4, 0.5) is 5.69 Å². The van der Waals surface area contributed by atoms with Gasteiger partial charge in [-0.3, -0.25) is 9.10 Å². The highest BCUT2D eigenvalue weighted by molar-refractivity contribution is 7.92. The fourth-order valence-corrected chi connectivity index (χ4v) is 6.74. The topological polar surface area (TPSA) is 113 Å². The zero-order valence-corrected chi connectivity index (χ0v) is 22.1. The average molecular weight is 544 g/mol. The third kappa shape index (κ3) is 7.09. The molecule has 3 rings (SSSR count). The van der Waals surface area contributed by atoms with Crippen molar-refractivity contribution in [3.8, 4) is 5.75 Å². The molecule has 0 bridgehead atoms. The number of hydrogen-bond acceptors (Lipinski definition) is 6. The highest BCUT2D eigenvalue weighted by atomic mass is 35.5. The van der Waals surface area contributed by atoms with Gasteiger partial charge in [0.1, 0.15) is 18.4 Å². The molecular formula is C23H30ClN3O6S2. The number of rotatable bonds is 10. The monoisotopic (exact) mass is 543 g/mol. The third-order valence-corrected chi connectivity index (χ3v) is 8.99. The van der Waals surface area contributed by atoms with Crippen molar-refractivity contribution in [2.45, 2.75) is 37.1 Å². The number of amides is 1. The second-order valence-electron chi connectivity index (χ2n) is 8.29. The summed E-state index contributed by atoms with van der Waals surface area (Å²) < 4.78 is 58.2. The molecule has 2 aromatic rings. The van der Waals surface area contributed by atoms with Crippen molar-refractivity contribution in [2.24, 2.45) is 0 Å². The van der Waals surface area contributed by atoms with Crippen LogP contribution < -0.4 is 14.4 Å². The number of hydrogen-bond donors (Lipinski definition) is 1. The molecule has 0 spiro atoms. The number of benzene rings is 2. The Morgan fingerprint density at radius 3 is 2.34 bits per heavy atom. The molecule has 12 heteroatoms. The van der Waals surface area contributed by atoms with E-state index in [1.807, 2.05) is 0 Å². The first-order chi connectivity index (χ1) is 16.5. The van der Waals surface area contributed by atoms with Crippen LogP contribution in [0.1, 0.15) is 26.2 Å². The lowest BCUT2D eigenvalue weighted by atomic mass is 10.2. The molecule has 1 N–H and O–H groups in total. The summed E-state index contributed by atoms with van der Waals surface area (Å²) in [4.78, 5) is 12.8. The molecule has 0 radical (unpaired) electrons. The molecule has 1 aliphatic heterocycles. The van der Waals surface area contributed by atoms with Crippen LogP contribution in [0.5, 0.6) is 5.75 Å². The molecule has 192 valence electrons. The summed E-state index contributed by atoms with van der Waals surface area (Å²) in [6, 6.07) is 11.4. The van der Waals surface area contributed by atoms with E-state index in [-0.39, 0.29) is 18.0 Å². The van der Waals surface area contributed by atoms with E-state index in [2.05, 4.69) is 5.32 Å². The van der Waals surface area contributed by atoms with E-state index < -0.39 is 32.0 Å². The third-order valence-electron chi connectivity index (χ3n) is 5.60. The number of ether oxygens (including phenoxy) is 1. The number of carbonyl (C=O) groups excluding carboxylic acids is 1. The minimum atomic E-state index is -3.75. The number of nitrogens with zero attached hydrogens (tertiary/aromatic N) is 2. The zero-order valence-electron chi connectivity index (χ0n) is 19.7. The number of anilines is 1. The number of carbonyl (C=O) groups is 1. The number of sulfonamides is 2. The van der Waals surface area contributed by atoms with Gasteiger partial charge in [0.25, 0.3) is 0 Å². The van der Waals surface area contributed by atoms with E-state index in [1.54, 1.807) is 30.3 Å². The quantitative estimate of drug-likeness (QED) is 0.461. The van der Waals surface area contributed by atoms with Crippen molar-refractivity contribution < 1.29 is 26.4 Å². The smallest absolute Gasteiger partial charge is 0.243 e. The van der Waals surface area contributed by atoms with Crippen molar-refractivity contribution >= 4 is 43.2 Å². The summed E-state index contributed by atoms with van der Waals surface area (Å²) in [6.07, 6.45) is 3.80. The maximum absolute atomic E-state index is 12.7. The molecule has 35 heavy (non-hydrogen) atoms. The Morgan fingerprint density at radius 1 is 1.09 bits per heavy atom. The SMILES string of the molecule is CC(C(=O)NCCOc1ccc(S(=O)(=O)N2CCCCC2)cc1)N(c1cccc(Cl)c1)S(C)(=O)=O. The Kier molecular flexibility index (Phi) is 9.03. The van der Waals surface area contributed by atoms with Crippen molar-refractivity contribution in [3.05, 3.63) is 53.6 Å². The van der Waals surface area contributed by atoms with Crippen molar-refractivity contribution in [1.82, 2.24) is 9.62 Å². The molecule has 1 saturated heterocycles. The first-order valence-electron chi connectivity index (χ1n) is 11.3. The van der Waals surface area contributed by atoms with Gasteiger partial charge in [0, 0.05) is 18.1 Å². The number of nitrogens with one attached hydrogen (secondary N) is 1. The van der Waals surface area contributed by atoms with Gasteiger partial charge in [0.15, 0.2) is 0 Å². The fourth-order valence-electron chi connectivity index (χ4n) is 3.87. The van der Waals surface area contributed by atoms with Crippen LogP contribution >= 0.6 is 11.6 Å². The lowest BCUT2D eigenvalue weighted by Crippen LogP contribution is -2.48. The van der Waals surface area contributed by atoms with Gasteiger partial charge in [-0.25, -0.2) is 16.8 Å². The molecule has 1 unspecified atom stereocenters. The summed E-state index contributed by atoms with van der Waals surface area (Å²) in [5.41, 5.74) is 0.290. The first kappa shape index (κ1) is 27.3. The molecule has 0 aliphatic carbocycles. The highest BCUT2D eigenvalue weighted by Crippen LogP contribution is 2.25. The summed E-state index contributed by atoms with van der Waals surface area (Å²) in [5, 5.41) is 3.02. The van der Waals surface area contributed by atoms with Gasteiger partial charge < -0.3 is 10.1 Å². The Labute approximate surface area is 212 Å². The molecule has 1 heterocycles. The van der Waals surface area contributed by atoms with E-state index in [1.165, 1.54) is 29.4 Å². The molecule has 0 aromatic heterocycles. The van der Waals surface area contributed by atoms with Gasteiger partial charge in [0.05, 0.1) is 23.4 Å². The molecule has 9 nitrogen and oxygen atoms in total. The maximum atomic E-state index is 12.7. The Bertz CT molecular complexity index is 1230. The van der Waals surface area contributed by atoms with E-state index in [4.69, 9.17) is 16.3 Å². The molecule has 1 atom stereocenters. The predicted molar refractivity (Wildman–Crippen MR) is 136 cm³/mol. The minimum Gasteiger partial charge on any atom is -0.492 e. The zero-order chi connectivity index (χ0) is 25.6. The normalized spacial score (nSPS) is 15.9. The highest BCUT2D eigenvalue weighted by Gasteiger charge is 2.29.